The van der Waals surface area contributed by atoms with Gasteiger partial charge in [-0.2, -0.15) is 0 Å². The number of hydrogen-bond acceptors (Lipinski definition) is 3. The molecule has 0 spiro atoms. The molecule has 1 aromatic rings. The maximum absolute atomic E-state index is 10.1. The van der Waals surface area contributed by atoms with E-state index in [0.29, 0.717) is 11.7 Å². The van der Waals surface area contributed by atoms with Crippen LogP contribution in [0.25, 0.3) is 0 Å². The van der Waals surface area contributed by atoms with Crippen molar-refractivity contribution in [2.24, 2.45) is 5.73 Å². The first-order chi connectivity index (χ1) is 8.48. The highest BCUT2D eigenvalue weighted by Crippen LogP contribution is 2.45. The maximum Gasteiger partial charge on any atom is 0.165 e. The third-order valence-electron chi connectivity index (χ3n) is 3.99. The van der Waals surface area contributed by atoms with Gasteiger partial charge in [-0.3, -0.25) is 0 Å². The molecule has 1 aliphatic carbocycles. The van der Waals surface area contributed by atoms with E-state index in [1.165, 1.54) is 0 Å². The molecule has 1 fully saturated rings. The van der Waals surface area contributed by atoms with Gasteiger partial charge in [-0.05, 0) is 36.5 Å². The molecule has 1 saturated carbocycles. The summed E-state index contributed by atoms with van der Waals surface area (Å²) in [5.41, 5.74) is 8.24. The molecule has 1 aliphatic rings. The van der Waals surface area contributed by atoms with Gasteiger partial charge in [0, 0.05) is 11.1 Å². The summed E-state index contributed by atoms with van der Waals surface area (Å²) in [4.78, 5) is 0. The molecule has 3 N–H and O–H groups in total. The summed E-state index contributed by atoms with van der Waals surface area (Å²) in [5.74, 6) is 1.12. The van der Waals surface area contributed by atoms with E-state index in [-0.39, 0.29) is 11.3 Å². The van der Waals surface area contributed by atoms with Gasteiger partial charge in [-0.1, -0.05) is 26.7 Å². The van der Waals surface area contributed by atoms with Crippen LogP contribution in [0.4, 0.5) is 0 Å². The number of ether oxygens (including phenoxy) is 1. The van der Waals surface area contributed by atoms with Crippen LogP contribution in [0.15, 0.2) is 12.1 Å². The number of benzene rings is 1. The third-order valence-corrected chi connectivity index (χ3v) is 3.99. The highest BCUT2D eigenvalue weighted by Gasteiger charge is 2.35. The first kappa shape index (κ1) is 13.2. The molecule has 0 bridgehead atoms. The van der Waals surface area contributed by atoms with Crippen molar-refractivity contribution in [1.29, 1.82) is 0 Å². The molecule has 100 valence electrons. The first-order valence-corrected chi connectivity index (χ1v) is 6.68. The van der Waals surface area contributed by atoms with Crippen molar-refractivity contribution in [1.82, 2.24) is 0 Å². The van der Waals surface area contributed by atoms with Crippen LogP contribution >= 0.6 is 0 Å². The van der Waals surface area contributed by atoms with Gasteiger partial charge < -0.3 is 15.6 Å². The molecule has 0 atom stereocenters. The minimum atomic E-state index is -0.340. The molecule has 18 heavy (non-hydrogen) atoms. The Morgan fingerprint density at radius 1 is 1.28 bits per heavy atom. The second kappa shape index (κ2) is 4.81. The van der Waals surface area contributed by atoms with Crippen LogP contribution in [0.5, 0.6) is 11.5 Å². The monoisotopic (exact) mass is 249 g/mol. The van der Waals surface area contributed by atoms with Crippen molar-refractivity contribution in [2.45, 2.75) is 51.0 Å². The summed E-state index contributed by atoms with van der Waals surface area (Å²) in [6.45, 7) is 4.23. The summed E-state index contributed by atoms with van der Waals surface area (Å²) in [6, 6.07) is 3.89. The van der Waals surface area contributed by atoms with Gasteiger partial charge >= 0.3 is 0 Å². The summed E-state index contributed by atoms with van der Waals surface area (Å²) in [5, 5.41) is 10.1. The Bertz CT molecular complexity index is 434. The predicted octanol–water partition coefficient (Wildman–Crippen LogP) is 3.25. The van der Waals surface area contributed by atoms with E-state index in [1.54, 1.807) is 13.2 Å². The number of hydrogen-bond donors (Lipinski definition) is 2. The van der Waals surface area contributed by atoms with E-state index < -0.39 is 0 Å². The molecule has 2 rings (SSSR count). The summed E-state index contributed by atoms with van der Waals surface area (Å²) >= 11 is 0. The van der Waals surface area contributed by atoms with Crippen LogP contribution in [0.1, 0.15) is 56.6 Å². The highest BCUT2D eigenvalue weighted by atomic mass is 16.5. The number of nitrogens with two attached hydrogens (primary N) is 1. The minimum Gasteiger partial charge on any atom is -0.504 e. The molecule has 0 amide bonds. The minimum absolute atomic E-state index is 0.204. The lowest BCUT2D eigenvalue weighted by atomic mass is 9.85. The fourth-order valence-corrected chi connectivity index (χ4v) is 2.83. The Morgan fingerprint density at radius 3 is 2.39 bits per heavy atom. The lowest BCUT2D eigenvalue weighted by Gasteiger charge is -2.28. The molecular weight excluding hydrogens is 226 g/mol. The molecule has 1 aromatic carbocycles. The molecule has 3 nitrogen and oxygen atoms in total. The number of aromatic hydroxyl groups is 1. The van der Waals surface area contributed by atoms with Gasteiger partial charge in [0.2, 0.25) is 0 Å². The summed E-state index contributed by atoms with van der Waals surface area (Å²) in [6.07, 6.45) is 4.22. The van der Waals surface area contributed by atoms with Crippen molar-refractivity contribution in [2.75, 3.05) is 7.11 Å². The van der Waals surface area contributed by atoms with Gasteiger partial charge in [-0.15, -0.1) is 0 Å². The average molecular weight is 249 g/mol. The number of rotatable bonds is 3. The number of methoxy groups -OCH3 is 1. The Balaban J connectivity index is 2.55. The van der Waals surface area contributed by atoms with Gasteiger partial charge in [0.1, 0.15) is 0 Å². The van der Waals surface area contributed by atoms with Crippen molar-refractivity contribution < 1.29 is 9.84 Å². The zero-order valence-corrected chi connectivity index (χ0v) is 11.5. The second-order valence-corrected chi connectivity index (χ2v) is 5.64. The van der Waals surface area contributed by atoms with Crippen LogP contribution in [0.3, 0.4) is 0 Å². The highest BCUT2D eigenvalue weighted by molar-refractivity contribution is 5.52. The Kier molecular flexibility index (Phi) is 3.53. The zero-order chi connectivity index (χ0) is 13.3. The number of phenols is 1. The maximum atomic E-state index is 10.1. The number of phenolic OH excluding ortho intramolecular Hbond substituents is 1. The van der Waals surface area contributed by atoms with Crippen LogP contribution < -0.4 is 10.5 Å². The van der Waals surface area contributed by atoms with E-state index in [1.807, 2.05) is 0 Å². The van der Waals surface area contributed by atoms with Crippen LogP contribution in [-0.2, 0) is 5.54 Å². The summed E-state index contributed by atoms with van der Waals surface area (Å²) in [7, 11) is 1.59. The first-order valence-electron chi connectivity index (χ1n) is 6.68. The van der Waals surface area contributed by atoms with Crippen LogP contribution in [-0.4, -0.2) is 12.2 Å². The Hall–Kier alpha value is -1.22. The summed E-state index contributed by atoms with van der Waals surface area (Å²) < 4.78 is 5.36. The average Bonchev–Trinajstić information content (AvgIpc) is 2.76. The van der Waals surface area contributed by atoms with Gasteiger partial charge in [0.25, 0.3) is 0 Å². The lowest BCUT2D eigenvalue weighted by Crippen LogP contribution is -2.33. The lowest BCUT2D eigenvalue weighted by molar-refractivity contribution is 0.348. The van der Waals surface area contributed by atoms with Crippen LogP contribution in [0, 0.1) is 0 Å². The quantitative estimate of drug-likeness (QED) is 0.864. The predicted molar refractivity (Wildman–Crippen MR) is 73.1 cm³/mol. The third kappa shape index (κ3) is 2.19. The molecule has 3 heteroatoms. The molecule has 0 unspecified atom stereocenters. The largest absolute Gasteiger partial charge is 0.504 e. The Morgan fingerprint density at radius 2 is 1.89 bits per heavy atom. The van der Waals surface area contributed by atoms with Crippen molar-refractivity contribution in [3.63, 3.8) is 0 Å². The van der Waals surface area contributed by atoms with E-state index in [0.717, 1.165) is 36.8 Å². The van der Waals surface area contributed by atoms with E-state index >= 15 is 0 Å². The SMILES string of the molecule is COc1c(O)cc(C(C)C)cc1C1(N)CCCC1. The van der Waals surface area contributed by atoms with E-state index in [4.69, 9.17) is 10.5 Å². The Labute approximate surface area is 109 Å². The normalized spacial score (nSPS) is 18.3. The van der Waals surface area contributed by atoms with E-state index in [9.17, 15) is 5.11 Å². The molecular formula is C15H23NO2. The molecule has 0 heterocycles. The molecule has 0 aliphatic heterocycles. The second-order valence-electron chi connectivity index (χ2n) is 5.64. The molecule has 0 radical (unpaired) electrons. The zero-order valence-electron chi connectivity index (χ0n) is 11.5. The van der Waals surface area contributed by atoms with E-state index in [2.05, 4.69) is 19.9 Å². The van der Waals surface area contributed by atoms with Gasteiger partial charge in [-0.25, -0.2) is 0 Å². The fraction of sp³-hybridized carbons (Fsp3) is 0.600. The van der Waals surface area contributed by atoms with Crippen LogP contribution in [0.2, 0.25) is 0 Å². The van der Waals surface area contributed by atoms with Crippen molar-refractivity contribution in [3.8, 4) is 11.5 Å². The topological polar surface area (TPSA) is 55.5 Å². The van der Waals surface area contributed by atoms with Crippen molar-refractivity contribution >= 4 is 0 Å². The molecule has 0 aromatic heterocycles. The van der Waals surface area contributed by atoms with Crippen molar-refractivity contribution in [3.05, 3.63) is 23.3 Å². The molecule has 0 saturated heterocycles. The van der Waals surface area contributed by atoms with Gasteiger partial charge in [0.05, 0.1) is 7.11 Å². The fourth-order valence-electron chi connectivity index (χ4n) is 2.83. The standard InChI is InChI=1S/C15H23NO2/c1-10(2)11-8-12(14(18-3)13(17)9-11)15(16)6-4-5-7-15/h8-10,17H,4-7,16H2,1-3H3. The smallest absolute Gasteiger partial charge is 0.165 e. The van der Waals surface area contributed by atoms with Gasteiger partial charge in [0.15, 0.2) is 11.5 Å².